The average Bonchev–Trinajstić information content (AvgIpc) is 2.91. The van der Waals surface area contributed by atoms with Gasteiger partial charge in [0.1, 0.15) is 0 Å². The molecule has 0 unspecified atom stereocenters. The first-order chi connectivity index (χ1) is 10.6. The number of aromatic nitrogens is 4. The number of rotatable bonds is 3. The molecule has 7 heteroatoms. The molecule has 3 aromatic rings. The molecular weight excluding hydrogens is 282 g/mol. The van der Waals surface area contributed by atoms with Gasteiger partial charge in [-0.15, -0.1) is 0 Å². The van der Waals surface area contributed by atoms with Crippen LogP contribution in [0.3, 0.4) is 0 Å². The Labute approximate surface area is 126 Å². The van der Waals surface area contributed by atoms with Crippen molar-refractivity contribution in [2.75, 3.05) is 5.32 Å². The quantitative estimate of drug-likeness (QED) is 0.689. The van der Waals surface area contributed by atoms with E-state index in [0.717, 1.165) is 28.8 Å². The minimum Gasteiger partial charge on any atom is -0.465 e. The molecule has 0 aliphatic heterocycles. The summed E-state index contributed by atoms with van der Waals surface area (Å²) < 4.78 is 0. The van der Waals surface area contributed by atoms with E-state index < -0.39 is 6.09 Å². The molecule has 22 heavy (non-hydrogen) atoms. The van der Waals surface area contributed by atoms with Gasteiger partial charge in [-0.3, -0.25) is 15.4 Å². The molecule has 0 spiro atoms. The number of carboxylic acid groups (broad SMARTS) is 1. The number of hydrogen-bond donors (Lipinski definition) is 3. The van der Waals surface area contributed by atoms with Gasteiger partial charge in [0.25, 0.3) is 0 Å². The number of hydrogen-bond acceptors (Lipinski definition) is 4. The van der Waals surface area contributed by atoms with Gasteiger partial charge in [0, 0.05) is 22.3 Å². The number of carbonyl (C=O) groups is 1. The molecule has 0 atom stereocenters. The molecule has 0 aliphatic rings. The van der Waals surface area contributed by atoms with Gasteiger partial charge >= 0.3 is 6.09 Å². The molecule has 3 rings (SSSR count). The second kappa shape index (κ2) is 5.44. The summed E-state index contributed by atoms with van der Waals surface area (Å²) in [5.41, 5.74) is 4.35. The van der Waals surface area contributed by atoms with Gasteiger partial charge in [0.15, 0.2) is 5.65 Å². The van der Waals surface area contributed by atoms with Gasteiger partial charge in [0.05, 0.1) is 17.6 Å². The molecular formula is C15H15N5O2. The van der Waals surface area contributed by atoms with E-state index >= 15 is 0 Å². The number of nitrogens with zero attached hydrogens (tertiary/aromatic N) is 3. The fourth-order valence-electron chi connectivity index (χ4n) is 2.35. The lowest BCUT2D eigenvalue weighted by atomic mass is 10.1. The Balaban J connectivity index is 2.08. The lowest BCUT2D eigenvalue weighted by Gasteiger charge is -2.07. The van der Waals surface area contributed by atoms with Crippen LogP contribution in [0, 0.1) is 6.92 Å². The van der Waals surface area contributed by atoms with E-state index in [9.17, 15) is 4.79 Å². The Kier molecular flexibility index (Phi) is 3.46. The number of amides is 1. The number of pyridine rings is 2. The van der Waals surface area contributed by atoms with Gasteiger partial charge in [-0.25, -0.2) is 9.78 Å². The Morgan fingerprint density at radius 2 is 2.23 bits per heavy atom. The van der Waals surface area contributed by atoms with Gasteiger partial charge in [-0.1, -0.05) is 6.92 Å². The summed E-state index contributed by atoms with van der Waals surface area (Å²) >= 11 is 0. The molecule has 0 saturated carbocycles. The van der Waals surface area contributed by atoms with Crippen molar-refractivity contribution in [3.8, 4) is 11.3 Å². The first-order valence-electron chi connectivity index (χ1n) is 6.89. The topological polar surface area (TPSA) is 104 Å². The predicted octanol–water partition coefficient (Wildman–Crippen LogP) is 2.98. The molecule has 7 nitrogen and oxygen atoms in total. The molecule has 112 valence electrons. The third-order valence-electron chi connectivity index (χ3n) is 3.46. The number of fused-ring (bicyclic) bond motifs is 1. The molecule has 0 aliphatic carbocycles. The van der Waals surface area contributed by atoms with Crippen LogP contribution in [0.25, 0.3) is 22.3 Å². The molecule has 0 aromatic carbocycles. The second-order valence-corrected chi connectivity index (χ2v) is 4.91. The number of aromatic amines is 1. The largest absolute Gasteiger partial charge is 0.465 e. The summed E-state index contributed by atoms with van der Waals surface area (Å²) in [5.74, 6) is 0. The highest BCUT2D eigenvalue weighted by Gasteiger charge is 2.11. The monoisotopic (exact) mass is 297 g/mol. The van der Waals surface area contributed by atoms with E-state index in [1.807, 2.05) is 19.1 Å². The van der Waals surface area contributed by atoms with E-state index in [4.69, 9.17) is 5.11 Å². The van der Waals surface area contributed by atoms with Crippen LogP contribution in [0.5, 0.6) is 0 Å². The smallest absolute Gasteiger partial charge is 0.409 e. The molecule has 0 saturated heterocycles. The van der Waals surface area contributed by atoms with E-state index in [1.54, 1.807) is 6.07 Å². The molecule has 0 radical (unpaired) electrons. The number of aryl methyl sites for hydroxylation is 2. The van der Waals surface area contributed by atoms with E-state index in [0.29, 0.717) is 17.0 Å². The van der Waals surface area contributed by atoms with Crippen LogP contribution in [0.1, 0.15) is 18.3 Å². The highest BCUT2D eigenvalue weighted by molar-refractivity contribution is 5.85. The lowest BCUT2D eigenvalue weighted by Crippen LogP contribution is -2.08. The van der Waals surface area contributed by atoms with Crippen LogP contribution in [0.15, 0.2) is 24.4 Å². The van der Waals surface area contributed by atoms with Gasteiger partial charge in [0.2, 0.25) is 0 Å². The van der Waals surface area contributed by atoms with Crippen molar-refractivity contribution in [1.82, 2.24) is 20.2 Å². The van der Waals surface area contributed by atoms with Crippen molar-refractivity contribution in [1.29, 1.82) is 0 Å². The first-order valence-corrected chi connectivity index (χ1v) is 6.89. The third kappa shape index (κ3) is 2.48. The highest BCUT2D eigenvalue weighted by Crippen LogP contribution is 2.26. The molecule has 3 heterocycles. The normalized spacial score (nSPS) is 10.8. The summed E-state index contributed by atoms with van der Waals surface area (Å²) in [6.07, 6.45) is 1.21. The van der Waals surface area contributed by atoms with Crippen LogP contribution >= 0.6 is 0 Å². The summed E-state index contributed by atoms with van der Waals surface area (Å²) in [7, 11) is 0. The highest BCUT2D eigenvalue weighted by atomic mass is 16.4. The zero-order chi connectivity index (χ0) is 15.7. The number of nitrogens with one attached hydrogen (secondary N) is 2. The molecule has 3 N–H and O–H groups in total. The minimum absolute atomic E-state index is 0.409. The van der Waals surface area contributed by atoms with Gasteiger partial charge in [-0.2, -0.15) is 5.10 Å². The Morgan fingerprint density at radius 1 is 1.41 bits per heavy atom. The van der Waals surface area contributed by atoms with Crippen molar-refractivity contribution < 1.29 is 9.90 Å². The Bertz CT molecular complexity index is 856. The zero-order valence-electron chi connectivity index (χ0n) is 12.2. The maximum Gasteiger partial charge on any atom is 0.409 e. The van der Waals surface area contributed by atoms with Crippen molar-refractivity contribution in [2.24, 2.45) is 0 Å². The zero-order valence-corrected chi connectivity index (χ0v) is 12.2. The van der Waals surface area contributed by atoms with Crippen molar-refractivity contribution >= 4 is 22.8 Å². The van der Waals surface area contributed by atoms with E-state index in [-0.39, 0.29) is 0 Å². The summed E-state index contributed by atoms with van der Waals surface area (Å²) in [6.45, 7) is 3.91. The van der Waals surface area contributed by atoms with Gasteiger partial charge < -0.3 is 5.11 Å². The van der Waals surface area contributed by atoms with Crippen LogP contribution in [-0.2, 0) is 6.42 Å². The fraction of sp³-hybridized carbons (Fsp3) is 0.200. The van der Waals surface area contributed by atoms with E-state index in [2.05, 4.69) is 32.4 Å². The molecule has 1 amide bonds. The van der Waals surface area contributed by atoms with Gasteiger partial charge in [-0.05, 0) is 31.5 Å². The molecule has 0 fully saturated rings. The number of anilines is 1. The lowest BCUT2D eigenvalue weighted by molar-refractivity contribution is 0.209. The van der Waals surface area contributed by atoms with Crippen LogP contribution in [-0.4, -0.2) is 31.4 Å². The average molecular weight is 297 g/mol. The SMILES string of the molecule is CCc1[nH]nc2nc(-c3cc(NC(=O)O)cnc3C)ccc12. The minimum atomic E-state index is -1.13. The Hall–Kier alpha value is -2.96. The first kappa shape index (κ1) is 14.0. The fourth-order valence-corrected chi connectivity index (χ4v) is 2.35. The Morgan fingerprint density at radius 3 is 2.95 bits per heavy atom. The van der Waals surface area contributed by atoms with Crippen molar-refractivity contribution in [3.05, 3.63) is 35.8 Å². The standard InChI is InChI=1S/C15H15N5O2/c1-3-12-10-4-5-13(18-14(10)20-19-12)11-6-9(17-15(21)22)7-16-8(11)2/h4-7,17H,3H2,1-2H3,(H,21,22)(H,18,19,20). The summed E-state index contributed by atoms with van der Waals surface area (Å²) in [5, 5.41) is 19.3. The maximum absolute atomic E-state index is 10.7. The predicted molar refractivity (Wildman–Crippen MR) is 82.9 cm³/mol. The number of H-pyrrole nitrogens is 1. The van der Waals surface area contributed by atoms with E-state index in [1.165, 1.54) is 6.20 Å². The molecule has 3 aromatic heterocycles. The van der Waals surface area contributed by atoms with Crippen molar-refractivity contribution in [3.63, 3.8) is 0 Å². The summed E-state index contributed by atoms with van der Waals surface area (Å²) in [6, 6.07) is 5.58. The van der Waals surface area contributed by atoms with Crippen molar-refractivity contribution in [2.45, 2.75) is 20.3 Å². The van der Waals surface area contributed by atoms with Crippen LogP contribution < -0.4 is 5.32 Å². The maximum atomic E-state index is 10.7. The third-order valence-corrected chi connectivity index (χ3v) is 3.46. The van der Waals surface area contributed by atoms with Crippen LogP contribution in [0.2, 0.25) is 0 Å². The van der Waals surface area contributed by atoms with Crippen LogP contribution in [0.4, 0.5) is 10.5 Å². The summed E-state index contributed by atoms with van der Waals surface area (Å²) in [4.78, 5) is 19.5. The molecule has 0 bridgehead atoms. The second-order valence-electron chi connectivity index (χ2n) is 4.91.